The molecule has 1 fully saturated rings. The highest BCUT2D eigenvalue weighted by Gasteiger charge is 2.14. The number of ketones is 1. The Morgan fingerprint density at radius 3 is 2.33 bits per heavy atom. The van der Waals surface area contributed by atoms with Gasteiger partial charge in [0, 0.05) is 6.42 Å². The Balaban J connectivity index is 2.31. The van der Waals surface area contributed by atoms with E-state index in [1.807, 2.05) is 0 Å². The molecule has 1 rings (SSSR count). The minimum atomic E-state index is 0.149. The number of rotatable bonds is 0. The van der Waals surface area contributed by atoms with Crippen LogP contribution in [0.2, 0.25) is 0 Å². The van der Waals surface area contributed by atoms with Crippen LogP contribution >= 0.6 is 15.9 Å². The van der Waals surface area contributed by atoms with Crippen molar-refractivity contribution in [2.24, 2.45) is 0 Å². The van der Waals surface area contributed by atoms with Crippen molar-refractivity contribution in [3.63, 3.8) is 0 Å². The molecule has 0 N–H and O–H groups in total. The molecule has 0 heterocycles. The second-order valence-corrected chi connectivity index (χ2v) is 4.70. The summed E-state index contributed by atoms with van der Waals surface area (Å²) >= 11 is 3.45. The molecule has 70 valence electrons. The average molecular weight is 233 g/mol. The molecular weight excluding hydrogens is 216 g/mol. The van der Waals surface area contributed by atoms with E-state index >= 15 is 0 Å². The summed E-state index contributed by atoms with van der Waals surface area (Å²) in [5.41, 5.74) is 0. The van der Waals surface area contributed by atoms with E-state index < -0.39 is 0 Å². The molecule has 12 heavy (non-hydrogen) atoms. The van der Waals surface area contributed by atoms with Crippen molar-refractivity contribution in [1.82, 2.24) is 0 Å². The Labute approximate surface area is 83.0 Å². The topological polar surface area (TPSA) is 17.1 Å². The van der Waals surface area contributed by atoms with Gasteiger partial charge in [0.15, 0.2) is 0 Å². The van der Waals surface area contributed by atoms with Crippen molar-refractivity contribution >= 4 is 21.7 Å². The highest BCUT2D eigenvalue weighted by molar-refractivity contribution is 9.10. The van der Waals surface area contributed by atoms with Crippen LogP contribution in [0.25, 0.3) is 0 Å². The molecule has 0 spiro atoms. The first kappa shape index (κ1) is 10.2. The van der Waals surface area contributed by atoms with E-state index in [9.17, 15) is 4.79 Å². The highest BCUT2D eigenvalue weighted by Crippen LogP contribution is 2.19. The first-order chi connectivity index (χ1) is 5.80. The number of carbonyl (C=O) groups excluding carboxylic acids is 1. The van der Waals surface area contributed by atoms with Crippen LogP contribution in [-0.4, -0.2) is 10.6 Å². The van der Waals surface area contributed by atoms with E-state index in [0.29, 0.717) is 5.78 Å². The summed E-state index contributed by atoms with van der Waals surface area (Å²) in [6, 6.07) is 0. The van der Waals surface area contributed by atoms with Crippen LogP contribution in [0.1, 0.15) is 51.4 Å². The molecule has 1 aliphatic rings. The molecule has 0 aromatic carbocycles. The number of Topliss-reactive ketones (excluding diaryl/α,β-unsaturated/α-hetero) is 1. The average Bonchev–Trinajstić information content (AvgIpc) is 2.08. The van der Waals surface area contributed by atoms with Gasteiger partial charge >= 0.3 is 0 Å². The van der Waals surface area contributed by atoms with Gasteiger partial charge in [0.1, 0.15) is 5.78 Å². The Kier molecular flexibility index (Phi) is 4.89. The molecule has 0 amide bonds. The molecule has 1 unspecified atom stereocenters. The maximum atomic E-state index is 11.4. The SMILES string of the molecule is O=C1CCCCCCCCC1Br. The second-order valence-electron chi connectivity index (χ2n) is 3.59. The molecule has 1 nitrogen and oxygen atoms in total. The van der Waals surface area contributed by atoms with Crippen molar-refractivity contribution in [3.05, 3.63) is 0 Å². The van der Waals surface area contributed by atoms with Crippen LogP contribution in [0, 0.1) is 0 Å². The molecule has 1 saturated carbocycles. The van der Waals surface area contributed by atoms with Gasteiger partial charge in [0.2, 0.25) is 0 Å². The zero-order valence-electron chi connectivity index (χ0n) is 7.52. The Bertz CT molecular complexity index is 145. The molecule has 0 aliphatic heterocycles. The number of alkyl halides is 1. The lowest BCUT2D eigenvalue weighted by molar-refractivity contribution is -0.118. The summed E-state index contributed by atoms with van der Waals surface area (Å²) in [5, 5.41) is 0. The summed E-state index contributed by atoms with van der Waals surface area (Å²) in [6.07, 6.45) is 9.35. The standard InChI is InChI=1S/C10H17BrO/c11-9-7-5-3-1-2-4-6-8-10(9)12/h9H,1-8H2. The fraction of sp³-hybridized carbons (Fsp3) is 0.900. The van der Waals surface area contributed by atoms with Crippen molar-refractivity contribution in [1.29, 1.82) is 0 Å². The third-order valence-electron chi connectivity index (χ3n) is 2.48. The van der Waals surface area contributed by atoms with Gasteiger partial charge in [-0.25, -0.2) is 0 Å². The van der Waals surface area contributed by atoms with Crippen LogP contribution in [-0.2, 0) is 4.79 Å². The zero-order valence-corrected chi connectivity index (χ0v) is 9.11. The van der Waals surface area contributed by atoms with Crippen LogP contribution in [0.4, 0.5) is 0 Å². The van der Waals surface area contributed by atoms with Gasteiger partial charge in [-0.2, -0.15) is 0 Å². The number of hydrogen-bond donors (Lipinski definition) is 0. The van der Waals surface area contributed by atoms with E-state index in [0.717, 1.165) is 19.3 Å². The van der Waals surface area contributed by atoms with Crippen LogP contribution in [0.15, 0.2) is 0 Å². The van der Waals surface area contributed by atoms with Crippen LogP contribution in [0.5, 0.6) is 0 Å². The second kappa shape index (κ2) is 5.74. The maximum absolute atomic E-state index is 11.4. The predicted molar refractivity (Wildman–Crippen MR) is 54.7 cm³/mol. The maximum Gasteiger partial charge on any atom is 0.146 e. The van der Waals surface area contributed by atoms with E-state index in [1.165, 1.54) is 32.1 Å². The summed E-state index contributed by atoms with van der Waals surface area (Å²) < 4.78 is 0. The first-order valence-corrected chi connectivity index (χ1v) is 5.89. The third-order valence-corrected chi connectivity index (χ3v) is 3.45. The highest BCUT2D eigenvalue weighted by atomic mass is 79.9. The molecule has 0 saturated heterocycles. The van der Waals surface area contributed by atoms with Crippen LogP contribution < -0.4 is 0 Å². The summed E-state index contributed by atoms with van der Waals surface area (Å²) in [4.78, 5) is 11.5. The molecule has 1 atom stereocenters. The Morgan fingerprint density at radius 1 is 1.00 bits per heavy atom. The van der Waals surface area contributed by atoms with Gasteiger partial charge < -0.3 is 0 Å². The molecule has 0 aromatic rings. The summed E-state index contributed by atoms with van der Waals surface area (Å²) in [5.74, 6) is 0.414. The van der Waals surface area contributed by atoms with Gasteiger partial charge in [0.25, 0.3) is 0 Å². The first-order valence-electron chi connectivity index (χ1n) is 4.97. The number of carbonyl (C=O) groups is 1. The molecule has 2 heteroatoms. The minimum absolute atomic E-state index is 0.149. The predicted octanol–water partition coefficient (Wildman–Crippen LogP) is 3.45. The molecule has 0 aromatic heterocycles. The number of halogens is 1. The quantitative estimate of drug-likeness (QED) is 0.585. The van der Waals surface area contributed by atoms with Gasteiger partial charge in [-0.3, -0.25) is 4.79 Å². The van der Waals surface area contributed by atoms with E-state index in [-0.39, 0.29) is 4.83 Å². The van der Waals surface area contributed by atoms with Crippen LogP contribution in [0.3, 0.4) is 0 Å². The van der Waals surface area contributed by atoms with Gasteiger partial charge in [0.05, 0.1) is 4.83 Å². The fourth-order valence-corrected chi connectivity index (χ4v) is 2.20. The van der Waals surface area contributed by atoms with Crippen molar-refractivity contribution in [3.8, 4) is 0 Å². The molecular formula is C10H17BrO. The molecule has 0 radical (unpaired) electrons. The van der Waals surface area contributed by atoms with Gasteiger partial charge in [-0.05, 0) is 12.8 Å². The minimum Gasteiger partial charge on any atom is -0.298 e. The third kappa shape index (κ3) is 3.70. The molecule has 1 aliphatic carbocycles. The monoisotopic (exact) mass is 232 g/mol. The Hall–Kier alpha value is 0.150. The van der Waals surface area contributed by atoms with Crippen molar-refractivity contribution in [2.45, 2.75) is 56.2 Å². The van der Waals surface area contributed by atoms with E-state index in [4.69, 9.17) is 0 Å². The van der Waals surface area contributed by atoms with Crippen molar-refractivity contribution < 1.29 is 4.79 Å². The number of hydrogen-bond acceptors (Lipinski definition) is 1. The largest absolute Gasteiger partial charge is 0.298 e. The zero-order chi connectivity index (χ0) is 8.81. The lowest BCUT2D eigenvalue weighted by Gasteiger charge is -2.10. The van der Waals surface area contributed by atoms with Gasteiger partial charge in [-0.15, -0.1) is 0 Å². The summed E-state index contributed by atoms with van der Waals surface area (Å²) in [7, 11) is 0. The van der Waals surface area contributed by atoms with Gasteiger partial charge in [-0.1, -0.05) is 48.0 Å². The lowest BCUT2D eigenvalue weighted by atomic mass is 10.0. The lowest BCUT2D eigenvalue weighted by Crippen LogP contribution is -2.14. The van der Waals surface area contributed by atoms with E-state index in [1.54, 1.807) is 0 Å². The fourth-order valence-electron chi connectivity index (χ4n) is 1.65. The van der Waals surface area contributed by atoms with Crippen molar-refractivity contribution in [2.75, 3.05) is 0 Å². The Morgan fingerprint density at radius 2 is 1.58 bits per heavy atom. The van der Waals surface area contributed by atoms with E-state index in [2.05, 4.69) is 15.9 Å². The smallest absolute Gasteiger partial charge is 0.146 e. The summed E-state index contributed by atoms with van der Waals surface area (Å²) in [6.45, 7) is 0. The molecule has 0 bridgehead atoms. The normalized spacial score (nSPS) is 28.4.